The van der Waals surface area contributed by atoms with Crippen molar-refractivity contribution in [2.75, 3.05) is 0 Å². The van der Waals surface area contributed by atoms with Crippen molar-refractivity contribution in [1.29, 1.82) is 0 Å². The largest absolute Gasteiger partial charge is 0.485 e. The number of ether oxygens (including phenoxy) is 1. The van der Waals surface area contributed by atoms with E-state index >= 15 is 0 Å². The maximum atomic E-state index is 12.1. The normalized spacial score (nSPS) is 10.7. The number of para-hydroxylation sites is 1. The van der Waals surface area contributed by atoms with Gasteiger partial charge >= 0.3 is 0 Å². The molecule has 0 amide bonds. The van der Waals surface area contributed by atoms with E-state index in [0.29, 0.717) is 28.0 Å². The molecule has 0 saturated carbocycles. The number of nitrogens with two attached hydrogens (primary N) is 1. The van der Waals surface area contributed by atoms with Crippen molar-refractivity contribution in [1.82, 2.24) is 0 Å². The van der Waals surface area contributed by atoms with E-state index in [-0.39, 0.29) is 18.6 Å². The van der Waals surface area contributed by atoms with Crippen LogP contribution in [0.3, 0.4) is 0 Å². The van der Waals surface area contributed by atoms with Gasteiger partial charge in [-0.3, -0.25) is 9.59 Å². The number of fused-ring (bicyclic) bond motifs is 1. The monoisotopic (exact) mass is 309 g/mol. The van der Waals surface area contributed by atoms with Gasteiger partial charge in [0.2, 0.25) is 0 Å². The van der Waals surface area contributed by atoms with Crippen LogP contribution < -0.4 is 15.9 Å². The molecule has 1 heterocycles. The molecule has 0 saturated heterocycles. The van der Waals surface area contributed by atoms with E-state index in [0.717, 1.165) is 11.8 Å². The van der Waals surface area contributed by atoms with Crippen LogP contribution in [0, 0.1) is 0 Å². The first kappa shape index (κ1) is 15.0. The Morgan fingerprint density at radius 1 is 1.13 bits per heavy atom. The van der Waals surface area contributed by atoms with Crippen LogP contribution in [0.5, 0.6) is 5.75 Å². The summed E-state index contributed by atoms with van der Waals surface area (Å²) < 4.78 is 11.4. The van der Waals surface area contributed by atoms with Gasteiger partial charge in [-0.1, -0.05) is 24.3 Å². The number of benzene rings is 2. The molecular formula is C18H15NO4. The third-order valence-corrected chi connectivity index (χ3v) is 3.45. The quantitative estimate of drug-likeness (QED) is 0.733. The molecule has 0 atom stereocenters. The molecule has 0 fully saturated rings. The van der Waals surface area contributed by atoms with Crippen molar-refractivity contribution in [2.45, 2.75) is 13.2 Å². The minimum Gasteiger partial charge on any atom is -0.485 e. The van der Waals surface area contributed by atoms with Gasteiger partial charge < -0.3 is 14.9 Å². The van der Waals surface area contributed by atoms with E-state index in [2.05, 4.69) is 0 Å². The minimum absolute atomic E-state index is 0.140. The highest BCUT2D eigenvalue weighted by Crippen LogP contribution is 2.25. The number of hydrogen-bond acceptors (Lipinski definition) is 5. The summed E-state index contributed by atoms with van der Waals surface area (Å²) in [5.74, 6) is 0.868. The molecule has 0 bridgehead atoms. The zero-order valence-corrected chi connectivity index (χ0v) is 12.3. The van der Waals surface area contributed by atoms with Crippen LogP contribution in [0.4, 0.5) is 0 Å². The summed E-state index contributed by atoms with van der Waals surface area (Å²) >= 11 is 0. The smallest absolute Gasteiger partial charge is 0.193 e. The van der Waals surface area contributed by atoms with Gasteiger partial charge in [-0.05, 0) is 23.8 Å². The van der Waals surface area contributed by atoms with Crippen LogP contribution in [0.25, 0.3) is 11.0 Å². The Morgan fingerprint density at radius 3 is 2.74 bits per heavy atom. The van der Waals surface area contributed by atoms with Crippen molar-refractivity contribution < 1.29 is 13.9 Å². The molecule has 2 aromatic carbocycles. The summed E-state index contributed by atoms with van der Waals surface area (Å²) in [5.41, 5.74) is 7.21. The highest BCUT2D eigenvalue weighted by molar-refractivity contribution is 5.82. The van der Waals surface area contributed by atoms with E-state index in [1.54, 1.807) is 36.4 Å². The van der Waals surface area contributed by atoms with Crippen LogP contribution in [-0.2, 0) is 13.2 Å². The maximum absolute atomic E-state index is 12.1. The van der Waals surface area contributed by atoms with Crippen molar-refractivity contribution >= 4 is 17.3 Å². The van der Waals surface area contributed by atoms with Gasteiger partial charge in [0.15, 0.2) is 16.8 Å². The summed E-state index contributed by atoms with van der Waals surface area (Å²) in [4.78, 5) is 22.9. The van der Waals surface area contributed by atoms with Crippen molar-refractivity contribution in [2.24, 2.45) is 5.73 Å². The van der Waals surface area contributed by atoms with Gasteiger partial charge in [0.05, 0.1) is 11.9 Å². The standard InChI is InChI=1S/C18H15NO4/c19-9-14-8-16(21)15-5-2-6-17(18(15)23-14)22-11-13-4-1-3-12(7-13)10-20/h1-8,10H,9,11,19H2. The highest BCUT2D eigenvalue weighted by Gasteiger charge is 2.10. The van der Waals surface area contributed by atoms with Crippen LogP contribution in [-0.4, -0.2) is 6.29 Å². The Balaban J connectivity index is 1.94. The third-order valence-electron chi connectivity index (χ3n) is 3.45. The lowest BCUT2D eigenvalue weighted by atomic mass is 10.1. The van der Waals surface area contributed by atoms with Crippen molar-refractivity contribution in [3.63, 3.8) is 0 Å². The van der Waals surface area contributed by atoms with Crippen molar-refractivity contribution in [3.05, 3.63) is 75.6 Å². The molecule has 23 heavy (non-hydrogen) atoms. The molecule has 5 heteroatoms. The number of aldehydes is 1. The Bertz CT molecular complexity index is 914. The average molecular weight is 309 g/mol. The van der Waals surface area contributed by atoms with Gasteiger partial charge in [-0.2, -0.15) is 0 Å². The zero-order valence-electron chi connectivity index (χ0n) is 12.3. The fourth-order valence-corrected chi connectivity index (χ4v) is 2.33. The molecular weight excluding hydrogens is 294 g/mol. The lowest BCUT2D eigenvalue weighted by Gasteiger charge is -2.09. The first-order valence-electron chi connectivity index (χ1n) is 7.14. The zero-order chi connectivity index (χ0) is 16.2. The molecule has 3 aromatic rings. The average Bonchev–Trinajstić information content (AvgIpc) is 2.60. The fourth-order valence-electron chi connectivity index (χ4n) is 2.33. The highest BCUT2D eigenvalue weighted by atomic mass is 16.5. The lowest BCUT2D eigenvalue weighted by molar-refractivity contribution is 0.112. The first-order valence-corrected chi connectivity index (χ1v) is 7.14. The second-order valence-electron chi connectivity index (χ2n) is 5.07. The Labute approximate surface area is 132 Å². The van der Waals surface area contributed by atoms with Crippen molar-refractivity contribution in [3.8, 4) is 5.75 Å². The molecule has 1 aromatic heterocycles. The summed E-state index contributed by atoms with van der Waals surface area (Å²) in [7, 11) is 0. The molecule has 0 aliphatic heterocycles. The number of rotatable bonds is 5. The summed E-state index contributed by atoms with van der Waals surface area (Å²) in [6.07, 6.45) is 0.786. The summed E-state index contributed by atoms with van der Waals surface area (Å²) in [6, 6.07) is 13.7. The molecule has 116 valence electrons. The van der Waals surface area contributed by atoms with Crippen LogP contribution >= 0.6 is 0 Å². The van der Waals surface area contributed by atoms with E-state index < -0.39 is 0 Å². The second-order valence-corrected chi connectivity index (χ2v) is 5.07. The van der Waals surface area contributed by atoms with Gasteiger partial charge in [0.1, 0.15) is 18.7 Å². The van der Waals surface area contributed by atoms with Crippen LogP contribution in [0.1, 0.15) is 21.7 Å². The maximum Gasteiger partial charge on any atom is 0.193 e. The van der Waals surface area contributed by atoms with Gasteiger partial charge in [0.25, 0.3) is 0 Å². The molecule has 0 unspecified atom stereocenters. The van der Waals surface area contributed by atoms with Crippen LogP contribution in [0.2, 0.25) is 0 Å². The molecule has 2 N–H and O–H groups in total. The molecule has 3 rings (SSSR count). The number of hydrogen-bond donors (Lipinski definition) is 1. The molecule has 0 aliphatic rings. The molecule has 0 radical (unpaired) electrons. The second kappa shape index (κ2) is 6.46. The number of carbonyl (C=O) groups is 1. The topological polar surface area (TPSA) is 82.5 Å². The number of carbonyl (C=O) groups excluding carboxylic acids is 1. The predicted octanol–water partition coefficient (Wildman–Crippen LogP) is 2.64. The minimum atomic E-state index is -0.153. The molecule has 0 aliphatic carbocycles. The molecule has 5 nitrogen and oxygen atoms in total. The third kappa shape index (κ3) is 3.14. The van der Waals surface area contributed by atoms with E-state index in [1.165, 1.54) is 6.07 Å². The predicted molar refractivity (Wildman–Crippen MR) is 86.5 cm³/mol. The summed E-state index contributed by atoms with van der Waals surface area (Å²) in [6.45, 7) is 0.401. The molecule has 0 spiro atoms. The SMILES string of the molecule is NCc1cc(=O)c2cccc(OCc3cccc(C=O)c3)c2o1. The Morgan fingerprint density at radius 2 is 1.96 bits per heavy atom. The van der Waals surface area contributed by atoms with Gasteiger partial charge in [0, 0.05) is 11.6 Å². The lowest BCUT2D eigenvalue weighted by Crippen LogP contribution is -2.06. The summed E-state index contributed by atoms with van der Waals surface area (Å²) in [5, 5.41) is 0.446. The Kier molecular flexibility index (Phi) is 4.21. The van der Waals surface area contributed by atoms with Crippen LogP contribution in [0.15, 0.2) is 57.7 Å². The fraction of sp³-hybridized carbons (Fsp3) is 0.111. The van der Waals surface area contributed by atoms with E-state index in [4.69, 9.17) is 14.9 Å². The van der Waals surface area contributed by atoms with Gasteiger partial charge in [-0.25, -0.2) is 0 Å². The van der Waals surface area contributed by atoms with Gasteiger partial charge in [-0.15, -0.1) is 0 Å². The van der Waals surface area contributed by atoms with E-state index in [9.17, 15) is 9.59 Å². The Hall–Kier alpha value is -2.92. The van der Waals surface area contributed by atoms with E-state index in [1.807, 2.05) is 6.07 Å². The first-order chi connectivity index (χ1) is 11.2.